The molecule has 0 bridgehead atoms. The summed E-state index contributed by atoms with van der Waals surface area (Å²) < 4.78 is 5.65. The smallest absolute Gasteiger partial charge is 0.332 e. The van der Waals surface area contributed by atoms with Crippen LogP contribution in [-0.2, 0) is 0 Å². The summed E-state index contributed by atoms with van der Waals surface area (Å²) in [6.07, 6.45) is 1.26. The van der Waals surface area contributed by atoms with E-state index in [2.05, 4.69) is 21.0 Å². The predicted molar refractivity (Wildman–Crippen MR) is 62.7 cm³/mol. The number of primary amides is 1. The highest BCUT2D eigenvalue weighted by atomic mass is 79.9. The molecule has 2 amide bonds. The van der Waals surface area contributed by atoms with Gasteiger partial charge in [-0.15, -0.1) is 0 Å². The molecule has 0 spiro atoms. The second-order valence-corrected chi connectivity index (χ2v) is 3.70. The number of hydrogen-bond donors (Lipinski definition) is 3. The highest BCUT2D eigenvalue weighted by Gasteiger charge is 2.07. The van der Waals surface area contributed by atoms with Crippen LogP contribution in [0.25, 0.3) is 0 Å². The van der Waals surface area contributed by atoms with Gasteiger partial charge in [-0.3, -0.25) is 0 Å². The lowest BCUT2D eigenvalue weighted by molar-refractivity contribution is 0.249. The zero-order valence-corrected chi connectivity index (χ0v) is 9.98. The van der Waals surface area contributed by atoms with E-state index in [1.807, 2.05) is 5.43 Å². The SMILES string of the molecule is COc1cc(Br)cc(/C=N\NC(N)=O)c1O. The standard InChI is InChI=1S/C9H10BrN3O3/c1-16-7-3-6(10)2-5(8(7)14)4-12-13-9(11)15/h2-4,14H,1H3,(H3,11,13,15)/b12-4-. The van der Waals surface area contributed by atoms with Gasteiger partial charge in [0.05, 0.1) is 13.3 Å². The lowest BCUT2D eigenvalue weighted by Gasteiger charge is -2.06. The first kappa shape index (κ1) is 12.3. The molecule has 0 saturated carbocycles. The fraction of sp³-hybridized carbons (Fsp3) is 0.111. The van der Waals surface area contributed by atoms with Gasteiger partial charge in [-0.25, -0.2) is 10.2 Å². The summed E-state index contributed by atoms with van der Waals surface area (Å²) in [5, 5.41) is 13.2. The van der Waals surface area contributed by atoms with E-state index in [4.69, 9.17) is 10.5 Å². The van der Waals surface area contributed by atoms with Crippen molar-refractivity contribution >= 4 is 28.2 Å². The van der Waals surface area contributed by atoms with Gasteiger partial charge in [0.1, 0.15) is 0 Å². The molecule has 0 aliphatic carbocycles. The second-order valence-electron chi connectivity index (χ2n) is 2.78. The molecule has 1 rings (SSSR count). The van der Waals surface area contributed by atoms with Crippen LogP contribution < -0.4 is 15.9 Å². The molecule has 6 nitrogen and oxygen atoms in total. The predicted octanol–water partition coefficient (Wildman–Crippen LogP) is 1.17. The Kier molecular flexibility index (Phi) is 4.12. The largest absolute Gasteiger partial charge is 0.504 e. The van der Waals surface area contributed by atoms with E-state index in [0.717, 1.165) is 0 Å². The van der Waals surface area contributed by atoms with E-state index in [9.17, 15) is 9.90 Å². The Labute approximate surface area is 100 Å². The second kappa shape index (κ2) is 5.36. The molecule has 86 valence electrons. The molecule has 1 aromatic carbocycles. The number of ether oxygens (including phenoxy) is 1. The van der Waals surface area contributed by atoms with Crippen molar-refractivity contribution in [1.29, 1.82) is 0 Å². The number of phenolic OH excluding ortho intramolecular Hbond substituents is 1. The van der Waals surface area contributed by atoms with Gasteiger partial charge in [0.15, 0.2) is 11.5 Å². The number of halogens is 1. The molecule has 4 N–H and O–H groups in total. The van der Waals surface area contributed by atoms with Crippen LogP contribution in [0, 0.1) is 0 Å². The van der Waals surface area contributed by atoms with Gasteiger partial charge in [-0.05, 0) is 12.1 Å². The molecule has 7 heteroatoms. The van der Waals surface area contributed by atoms with Crippen molar-refractivity contribution < 1.29 is 14.6 Å². The van der Waals surface area contributed by atoms with Crippen molar-refractivity contribution in [3.8, 4) is 11.5 Å². The number of nitrogens with one attached hydrogen (secondary N) is 1. The Bertz CT molecular complexity index is 434. The van der Waals surface area contributed by atoms with Gasteiger partial charge in [-0.1, -0.05) is 15.9 Å². The van der Waals surface area contributed by atoms with Crippen LogP contribution in [0.15, 0.2) is 21.7 Å². The zero-order chi connectivity index (χ0) is 12.1. The Morgan fingerprint density at radius 2 is 2.38 bits per heavy atom. The summed E-state index contributed by atoms with van der Waals surface area (Å²) in [6.45, 7) is 0. The molecule has 0 heterocycles. The number of nitrogens with zero attached hydrogens (tertiary/aromatic N) is 1. The van der Waals surface area contributed by atoms with Crippen molar-refractivity contribution in [3.63, 3.8) is 0 Å². The Balaban J connectivity index is 2.99. The minimum atomic E-state index is -0.780. The lowest BCUT2D eigenvalue weighted by Crippen LogP contribution is -2.24. The molecule has 0 aliphatic heterocycles. The van der Waals surface area contributed by atoms with Crippen LogP contribution in [0.4, 0.5) is 4.79 Å². The average Bonchev–Trinajstić information content (AvgIpc) is 2.22. The number of nitrogens with two attached hydrogens (primary N) is 1. The monoisotopic (exact) mass is 287 g/mol. The van der Waals surface area contributed by atoms with E-state index in [1.165, 1.54) is 13.3 Å². The number of hydrazone groups is 1. The van der Waals surface area contributed by atoms with E-state index in [-0.39, 0.29) is 5.75 Å². The topological polar surface area (TPSA) is 96.9 Å². The first-order chi connectivity index (χ1) is 7.54. The van der Waals surface area contributed by atoms with Crippen LogP contribution in [0.1, 0.15) is 5.56 Å². The van der Waals surface area contributed by atoms with Crippen molar-refractivity contribution in [2.75, 3.05) is 7.11 Å². The molecule has 0 atom stereocenters. The quantitative estimate of drug-likeness (QED) is 0.575. The number of amides is 2. The molecular formula is C9H10BrN3O3. The number of methoxy groups -OCH3 is 1. The number of benzene rings is 1. The first-order valence-electron chi connectivity index (χ1n) is 4.19. The number of urea groups is 1. The fourth-order valence-corrected chi connectivity index (χ4v) is 1.47. The third-order valence-electron chi connectivity index (χ3n) is 1.67. The van der Waals surface area contributed by atoms with Crippen molar-refractivity contribution in [2.24, 2.45) is 10.8 Å². The lowest BCUT2D eigenvalue weighted by atomic mass is 10.2. The normalized spacial score (nSPS) is 10.4. The van der Waals surface area contributed by atoms with Crippen LogP contribution in [0.3, 0.4) is 0 Å². The molecular weight excluding hydrogens is 278 g/mol. The molecule has 0 fully saturated rings. The Hall–Kier alpha value is -1.76. The first-order valence-corrected chi connectivity index (χ1v) is 4.99. The summed E-state index contributed by atoms with van der Waals surface area (Å²) in [4.78, 5) is 10.4. The number of hydrogen-bond acceptors (Lipinski definition) is 4. The number of aromatic hydroxyl groups is 1. The van der Waals surface area contributed by atoms with Gasteiger partial charge >= 0.3 is 6.03 Å². The average molecular weight is 288 g/mol. The van der Waals surface area contributed by atoms with E-state index in [0.29, 0.717) is 15.8 Å². The van der Waals surface area contributed by atoms with Crippen molar-refractivity contribution in [2.45, 2.75) is 0 Å². The fourth-order valence-electron chi connectivity index (χ4n) is 1.01. The van der Waals surface area contributed by atoms with E-state index >= 15 is 0 Å². The van der Waals surface area contributed by atoms with Crippen molar-refractivity contribution in [1.82, 2.24) is 5.43 Å². The van der Waals surface area contributed by atoms with Gasteiger partial charge < -0.3 is 15.6 Å². The molecule has 0 aliphatic rings. The summed E-state index contributed by atoms with van der Waals surface area (Å²) in [5.41, 5.74) is 7.23. The van der Waals surface area contributed by atoms with Crippen LogP contribution in [0.5, 0.6) is 11.5 Å². The van der Waals surface area contributed by atoms with Crippen LogP contribution in [0.2, 0.25) is 0 Å². The third-order valence-corrected chi connectivity index (χ3v) is 2.13. The minimum absolute atomic E-state index is 0.0688. The molecule has 0 unspecified atom stereocenters. The number of carbonyl (C=O) groups is 1. The summed E-state index contributed by atoms with van der Waals surface area (Å²) in [7, 11) is 1.43. The van der Waals surface area contributed by atoms with Crippen LogP contribution in [-0.4, -0.2) is 24.5 Å². The van der Waals surface area contributed by atoms with Gasteiger partial charge in [0, 0.05) is 10.0 Å². The van der Waals surface area contributed by atoms with Crippen LogP contribution >= 0.6 is 15.9 Å². The summed E-state index contributed by atoms with van der Waals surface area (Å²) in [6, 6.07) is 2.44. The maximum absolute atomic E-state index is 10.4. The molecule has 0 radical (unpaired) electrons. The minimum Gasteiger partial charge on any atom is -0.504 e. The highest BCUT2D eigenvalue weighted by Crippen LogP contribution is 2.32. The summed E-state index contributed by atoms with van der Waals surface area (Å²) in [5.74, 6) is 0.232. The zero-order valence-electron chi connectivity index (χ0n) is 8.40. The Morgan fingerprint density at radius 1 is 1.69 bits per heavy atom. The molecule has 0 saturated heterocycles. The molecule has 16 heavy (non-hydrogen) atoms. The number of carbonyl (C=O) groups excluding carboxylic acids is 1. The molecule has 0 aromatic heterocycles. The maximum atomic E-state index is 10.4. The number of phenols is 1. The van der Waals surface area contributed by atoms with E-state index < -0.39 is 6.03 Å². The Morgan fingerprint density at radius 3 is 2.94 bits per heavy atom. The maximum Gasteiger partial charge on any atom is 0.332 e. The summed E-state index contributed by atoms with van der Waals surface area (Å²) >= 11 is 3.24. The highest BCUT2D eigenvalue weighted by molar-refractivity contribution is 9.10. The van der Waals surface area contributed by atoms with Gasteiger partial charge in [0.25, 0.3) is 0 Å². The van der Waals surface area contributed by atoms with E-state index in [1.54, 1.807) is 12.1 Å². The number of rotatable bonds is 3. The van der Waals surface area contributed by atoms with Gasteiger partial charge in [0.2, 0.25) is 0 Å². The molecule has 1 aromatic rings. The van der Waals surface area contributed by atoms with Gasteiger partial charge in [-0.2, -0.15) is 5.10 Å². The third kappa shape index (κ3) is 3.13. The van der Waals surface area contributed by atoms with Crippen molar-refractivity contribution in [3.05, 3.63) is 22.2 Å².